The maximum Gasteiger partial charge on any atom is 0.340 e. The van der Waals surface area contributed by atoms with Crippen molar-refractivity contribution >= 4 is 19.4 Å². The van der Waals surface area contributed by atoms with E-state index in [4.69, 9.17) is 9.05 Å². The summed E-state index contributed by atoms with van der Waals surface area (Å²) in [5, 5.41) is 0. The van der Waals surface area contributed by atoms with Gasteiger partial charge >= 0.3 is 7.60 Å². The quantitative estimate of drug-likeness (QED) is 0.367. The Hall–Kier alpha value is 0.240. The minimum atomic E-state index is -2.96. The predicted molar refractivity (Wildman–Crippen MR) is 76.8 cm³/mol. The van der Waals surface area contributed by atoms with Gasteiger partial charge in [-0.05, 0) is 41.5 Å². The zero-order valence-corrected chi connectivity index (χ0v) is 13.4. The summed E-state index contributed by atoms with van der Waals surface area (Å²) in [4.78, 5) is 0. The van der Waals surface area contributed by atoms with Crippen LogP contribution in [-0.2, 0) is 13.6 Å². The van der Waals surface area contributed by atoms with Gasteiger partial charge in [-0.3, -0.25) is 4.57 Å². The highest BCUT2D eigenvalue weighted by atomic mass is 32.2. The van der Waals surface area contributed by atoms with Gasteiger partial charge in [-0.1, -0.05) is 11.6 Å². The van der Waals surface area contributed by atoms with Crippen LogP contribution in [-0.4, -0.2) is 23.5 Å². The zero-order chi connectivity index (χ0) is 13.5. The summed E-state index contributed by atoms with van der Waals surface area (Å²) in [7, 11) is -2.96. The molecule has 0 bridgehead atoms. The summed E-state index contributed by atoms with van der Waals surface area (Å²) < 4.78 is 23.3. The first-order chi connectivity index (χ1) is 7.75. The van der Waals surface area contributed by atoms with E-state index in [0.717, 1.165) is 5.75 Å². The Balaban J connectivity index is 4.29. The molecule has 0 aliphatic carbocycles. The van der Waals surface area contributed by atoms with Crippen LogP contribution >= 0.6 is 19.4 Å². The van der Waals surface area contributed by atoms with Crippen molar-refractivity contribution in [3.05, 3.63) is 11.6 Å². The molecule has 0 fully saturated rings. The largest absolute Gasteiger partial charge is 0.340 e. The van der Waals surface area contributed by atoms with Crippen LogP contribution in [0.25, 0.3) is 0 Å². The highest BCUT2D eigenvalue weighted by Crippen LogP contribution is 2.52. The van der Waals surface area contributed by atoms with Gasteiger partial charge < -0.3 is 9.05 Å². The van der Waals surface area contributed by atoms with Gasteiger partial charge in [0, 0.05) is 5.75 Å². The van der Waals surface area contributed by atoms with E-state index >= 15 is 0 Å². The van der Waals surface area contributed by atoms with E-state index < -0.39 is 7.60 Å². The fourth-order valence-electron chi connectivity index (χ4n) is 1.12. The van der Waals surface area contributed by atoms with Crippen LogP contribution in [0.3, 0.4) is 0 Å². The Labute approximate surface area is 110 Å². The molecule has 0 aromatic heterocycles. The smallest absolute Gasteiger partial charge is 0.305 e. The second-order valence-corrected chi connectivity index (χ2v) is 8.12. The fraction of sp³-hybridized carbons (Fsp3) is 0.833. The topological polar surface area (TPSA) is 35.5 Å². The molecule has 0 saturated carbocycles. The molecule has 5 heteroatoms. The van der Waals surface area contributed by atoms with Gasteiger partial charge in [-0.2, -0.15) is 0 Å². The molecule has 0 heterocycles. The second kappa shape index (κ2) is 8.36. The molecule has 0 aliphatic rings. The minimum absolute atomic E-state index is 0.0800. The first-order valence-electron chi connectivity index (χ1n) is 5.92. The molecule has 0 saturated heterocycles. The van der Waals surface area contributed by atoms with Crippen molar-refractivity contribution in [2.75, 3.05) is 11.2 Å². The second-order valence-electron chi connectivity index (χ2n) is 4.70. The van der Waals surface area contributed by atoms with Crippen LogP contribution in [0.2, 0.25) is 0 Å². The van der Waals surface area contributed by atoms with Gasteiger partial charge in [0.05, 0.1) is 17.7 Å². The summed E-state index contributed by atoms with van der Waals surface area (Å²) in [6.45, 7) is 11.6. The number of hydrogen-bond acceptors (Lipinski definition) is 4. The Morgan fingerprint density at radius 3 is 2.00 bits per heavy atom. The highest BCUT2D eigenvalue weighted by molar-refractivity contribution is 8.04. The molecule has 0 atom stereocenters. The van der Waals surface area contributed by atoms with Gasteiger partial charge in [-0.15, -0.1) is 11.8 Å². The van der Waals surface area contributed by atoms with Crippen molar-refractivity contribution in [1.29, 1.82) is 0 Å². The van der Waals surface area contributed by atoms with Crippen molar-refractivity contribution in [1.82, 2.24) is 0 Å². The first kappa shape index (κ1) is 17.2. The monoisotopic (exact) mass is 280 g/mol. The molecule has 0 aliphatic heterocycles. The van der Waals surface area contributed by atoms with Gasteiger partial charge in [-0.25, -0.2) is 0 Å². The lowest BCUT2D eigenvalue weighted by molar-refractivity contribution is 0.145. The summed E-state index contributed by atoms with van der Waals surface area (Å²) in [6, 6.07) is 0. The van der Waals surface area contributed by atoms with Crippen LogP contribution in [0, 0.1) is 0 Å². The summed E-state index contributed by atoms with van der Waals surface area (Å²) in [5.41, 5.74) is 1.68. The molecular formula is C12H25O3PS. The third-order valence-corrected chi connectivity index (χ3v) is 5.48. The van der Waals surface area contributed by atoms with Crippen LogP contribution in [0.5, 0.6) is 0 Å². The zero-order valence-electron chi connectivity index (χ0n) is 11.7. The SMILES string of the molecule is CC(C)=CCSCP(=O)(OC(C)C)OC(C)C. The Bertz CT molecular complexity index is 269. The Morgan fingerprint density at radius 1 is 1.18 bits per heavy atom. The van der Waals surface area contributed by atoms with Crippen LogP contribution in [0.4, 0.5) is 0 Å². The number of hydrogen-bond donors (Lipinski definition) is 0. The van der Waals surface area contributed by atoms with Crippen molar-refractivity contribution in [3.8, 4) is 0 Å². The van der Waals surface area contributed by atoms with Gasteiger partial charge in [0.15, 0.2) is 0 Å². The lowest BCUT2D eigenvalue weighted by atomic mass is 10.3. The molecule has 102 valence electrons. The van der Waals surface area contributed by atoms with Crippen molar-refractivity contribution in [3.63, 3.8) is 0 Å². The average Bonchev–Trinajstić information content (AvgIpc) is 2.09. The van der Waals surface area contributed by atoms with Gasteiger partial charge in [0.2, 0.25) is 0 Å². The van der Waals surface area contributed by atoms with E-state index in [0.29, 0.717) is 5.49 Å². The first-order valence-corrected chi connectivity index (χ1v) is 8.80. The van der Waals surface area contributed by atoms with E-state index in [9.17, 15) is 4.57 Å². The van der Waals surface area contributed by atoms with Crippen LogP contribution < -0.4 is 0 Å². The molecular weight excluding hydrogens is 255 g/mol. The van der Waals surface area contributed by atoms with E-state index in [1.165, 1.54) is 5.57 Å². The summed E-state index contributed by atoms with van der Waals surface area (Å²) in [6.07, 6.45) is 1.95. The molecule has 0 aromatic carbocycles. The van der Waals surface area contributed by atoms with E-state index in [-0.39, 0.29) is 12.2 Å². The number of rotatable bonds is 8. The lowest BCUT2D eigenvalue weighted by Gasteiger charge is -2.22. The molecule has 0 spiro atoms. The molecule has 0 radical (unpaired) electrons. The molecule has 0 rings (SSSR count). The summed E-state index contributed by atoms with van der Waals surface area (Å²) in [5.74, 6) is 0.842. The fourth-order valence-corrected chi connectivity index (χ4v) is 4.71. The third-order valence-electron chi connectivity index (χ3n) is 1.60. The molecule has 0 N–H and O–H groups in total. The van der Waals surface area contributed by atoms with Crippen molar-refractivity contribution in [2.45, 2.75) is 53.8 Å². The van der Waals surface area contributed by atoms with Gasteiger partial charge in [0.25, 0.3) is 0 Å². The molecule has 17 heavy (non-hydrogen) atoms. The lowest BCUT2D eigenvalue weighted by Crippen LogP contribution is -2.09. The molecule has 3 nitrogen and oxygen atoms in total. The minimum Gasteiger partial charge on any atom is -0.305 e. The molecule has 0 aromatic rings. The summed E-state index contributed by atoms with van der Waals surface area (Å²) >= 11 is 1.58. The average molecular weight is 280 g/mol. The number of allylic oxidation sites excluding steroid dienone is 1. The van der Waals surface area contributed by atoms with E-state index in [2.05, 4.69) is 19.9 Å². The van der Waals surface area contributed by atoms with Crippen LogP contribution in [0.15, 0.2) is 11.6 Å². The van der Waals surface area contributed by atoms with Crippen LogP contribution in [0.1, 0.15) is 41.5 Å². The Morgan fingerprint density at radius 2 is 1.65 bits per heavy atom. The van der Waals surface area contributed by atoms with Gasteiger partial charge in [0.1, 0.15) is 0 Å². The third kappa shape index (κ3) is 9.90. The predicted octanol–water partition coefficient (Wildman–Crippen LogP) is 4.69. The Kier molecular flexibility index (Phi) is 8.48. The normalized spacial score (nSPS) is 12.2. The maximum absolute atomic E-state index is 12.4. The number of thioether (sulfide) groups is 1. The standard InChI is InChI=1S/C12H25O3PS/c1-10(2)7-8-17-9-16(13,14-11(3)4)15-12(5)6/h7,11-12H,8-9H2,1-6H3. The highest BCUT2D eigenvalue weighted by Gasteiger charge is 2.27. The molecule has 0 amide bonds. The molecule has 0 unspecified atom stereocenters. The van der Waals surface area contributed by atoms with Crippen molar-refractivity contribution in [2.24, 2.45) is 0 Å². The van der Waals surface area contributed by atoms with Crippen molar-refractivity contribution < 1.29 is 13.6 Å². The van der Waals surface area contributed by atoms with E-state index in [1.54, 1.807) is 11.8 Å². The maximum atomic E-state index is 12.4. The van der Waals surface area contributed by atoms with E-state index in [1.807, 2.05) is 27.7 Å².